The Morgan fingerprint density at radius 1 is 1.21 bits per heavy atom. The van der Waals surface area contributed by atoms with Gasteiger partial charge in [0.25, 0.3) is 5.91 Å². The summed E-state index contributed by atoms with van der Waals surface area (Å²) in [5.74, 6) is -1.41. The molecular weight excluding hydrogens is 535 g/mol. The zero-order valence-corrected chi connectivity index (χ0v) is 22.1. The number of pyridine rings is 1. The fourth-order valence-electron chi connectivity index (χ4n) is 4.95. The molecule has 1 aromatic heterocycles. The number of hydrogen-bond donors (Lipinski definition) is 2. The van der Waals surface area contributed by atoms with Crippen molar-refractivity contribution in [1.29, 1.82) is 0 Å². The summed E-state index contributed by atoms with van der Waals surface area (Å²) in [4.78, 5) is 28.2. The maximum atomic E-state index is 14.2. The average molecular weight is 564 g/mol. The number of rotatable bonds is 8. The summed E-state index contributed by atoms with van der Waals surface area (Å²) in [6.45, 7) is 3.21. The first kappa shape index (κ1) is 27.5. The van der Waals surface area contributed by atoms with E-state index in [1.165, 1.54) is 22.9 Å². The second-order valence-corrected chi connectivity index (χ2v) is 10.7. The Balaban J connectivity index is 1.18. The van der Waals surface area contributed by atoms with Crippen LogP contribution < -0.4 is 15.5 Å². The molecule has 7 nitrogen and oxygen atoms in total. The summed E-state index contributed by atoms with van der Waals surface area (Å²) in [5, 5.41) is 13.0. The molecule has 1 saturated heterocycles. The third kappa shape index (κ3) is 6.08. The highest BCUT2D eigenvalue weighted by atomic mass is 35.5. The van der Waals surface area contributed by atoms with E-state index in [-0.39, 0.29) is 46.4 Å². The van der Waals surface area contributed by atoms with Crippen molar-refractivity contribution in [2.24, 2.45) is 0 Å². The van der Waals surface area contributed by atoms with E-state index in [9.17, 15) is 27.9 Å². The lowest BCUT2D eigenvalue weighted by Crippen LogP contribution is -2.47. The minimum atomic E-state index is -1.11. The summed E-state index contributed by atoms with van der Waals surface area (Å²) in [6.07, 6.45) is 0.855. The number of aliphatic hydroxyl groups is 1. The van der Waals surface area contributed by atoms with E-state index in [1.54, 1.807) is 19.1 Å². The second kappa shape index (κ2) is 11.2. The van der Waals surface area contributed by atoms with Gasteiger partial charge < -0.3 is 24.6 Å². The van der Waals surface area contributed by atoms with E-state index in [1.807, 2.05) is 4.90 Å². The number of nitrogens with one attached hydrogen (secondary N) is 1. The monoisotopic (exact) mass is 563 g/mol. The van der Waals surface area contributed by atoms with Crippen LogP contribution in [0.4, 0.5) is 13.2 Å². The lowest BCUT2D eigenvalue weighted by Gasteiger charge is -2.33. The molecule has 2 fully saturated rings. The van der Waals surface area contributed by atoms with Crippen molar-refractivity contribution in [3.8, 4) is 5.75 Å². The van der Waals surface area contributed by atoms with Crippen LogP contribution in [-0.2, 0) is 0 Å². The highest BCUT2D eigenvalue weighted by molar-refractivity contribution is 6.31. The first-order chi connectivity index (χ1) is 18.6. The van der Waals surface area contributed by atoms with E-state index < -0.39 is 35.5 Å². The summed E-state index contributed by atoms with van der Waals surface area (Å²) in [7, 11) is 0. The maximum absolute atomic E-state index is 14.2. The normalized spacial score (nSPS) is 20.7. The predicted octanol–water partition coefficient (Wildman–Crippen LogP) is 4.16. The van der Waals surface area contributed by atoms with E-state index >= 15 is 0 Å². The molecular formula is C28H29ClF3N3O4. The third-order valence-electron chi connectivity index (χ3n) is 7.33. The van der Waals surface area contributed by atoms with Crippen LogP contribution in [0.1, 0.15) is 41.2 Å². The number of piperidine rings is 1. The molecule has 39 heavy (non-hydrogen) atoms. The molecule has 2 aromatic carbocycles. The highest BCUT2D eigenvalue weighted by Gasteiger charge is 2.40. The van der Waals surface area contributed by atoms with Gasteiger partial charge in [-0.3, -0.25) is 9.59 Å². The van der Waals surface area contributed by atoms with Gasteiger partial charge >= 0.3 is 0 Å². The topological polar surface area (TPSA) is 83.8 Å². The zero-order valence-electron chi connectivity index (χ0n) is 21.3. The molecule has 2 N–H and O–H groups in total. The minimum Gasteiger partial charge on any atom is -0.491 e. The maximum Gasteiger partial charge on any atom is 0.256 e. The molecule has 3 atom stereocenters. The van der Waals surface area contributed by atoms with Crippen LogP contribution in [0, 0.1) is 18.6 Å². The van der Waals surface area contributed by atoms with Gasteiger partial charge in [0.05, 0.1) is 16.6 Å². The number of hydrogen-bond acceptors (Lipinski definition) is 5. The number of carbonyl (C=O) groups is 1. The number of aromatic nitrogens is 1. The fourth-order valence-corrected chi connectivity index (χ4v) is 5.11. The number of nitrogens with zero attached hydrogens (tertiary/aromatic N) is 2. The number of aryl methyl sites for hydroxylation is 1. The standard InChI is InChI=1S/C28H29ClF3N3O4/c1-15-2-3-18(8-22(15)30)39-14-17(36)12-34-6-4-16(5-7-34)33-28(38)20-13-35(26-11-24(26)32)25-10-21(29)23(31)9-19(25)27(20)37/h2-3,8-10,13,16-17,24,26,36H,4-7,11-12,14H2,1H3,(H,33,38)/t17-,24?,26?/m0/s1. The van der Waals surface area contributed by atoms with Crippen molar-refractivity contribution in [2.75, 3.05) is 26.2 Å². The van der Waals surface area contributed by atoms with Crippen molar-refractivity contribution in [3.05, 3.63) is 74.5 Å². The van der Waals surface area contributed by atoms with Crippen LogP contribution in [0.2, 0.25) is 5.02 Å². The molecule has 2 unspecified atom stereocenters. The second-order valence-electron chi connectivity index (χ2n) is 10.3. The summed E-state index contributed by atoms with van der Waals surface area (Å²) >= 11 is 5.90. The molecule has 1 aliphatic heterocycles. The molecule has 1 aliphatic carbocycles. The van der Waals surface area contributed by atoms with Crippen molar-refractivity contribution in [1.82, 2.24) is 14.8 Å². The summed E-state index contributed by atoms with van der Waals surface area (Å²) in [6, 6.07) is 6.08. The smallest absolute Gasteiger partial charge is 0.256 e. The van der Waals surface area contributed by atoms with Gasteiger partial charge in [-0.15, -0.1) is 0 Å². The van der Waals surface area contributed by atoms with Crippen LogP contribution >= 0.6 is 11.6 Å². The molecule has 3 aromatic rings. The summed E-state index contributed by atoms with van der Waals surface area (Å²) in [5.41, 5.74) is -0.0130. The Morgan fingerprint density at radius 2 is 1.92 bits per heavy atom. The number of halogens is 4. The molecule has 11 heteroatoms. The average Bonchev–Trinajstić information content (AvgIpc) is 3.63. The Bertz CT molecular complexity index is 1460. The van der Waals surface area contributed by atoms with Gasteiger partial charge in [-0.25, -0.2) is 13.2 Å². The van der Waals surface area contributed by atoms with Gasteiger partial charge in [0.2, 0.25) is 5.43 Å². The third-order valence-corrected chi connectivity index (χ3v) is 7.62. The number of β-amino-alcohol motifs (C(OH)–C–C–N with tert-alkyl or cyclic N) is 1. The fraction of sp³-hybridized carbons (Fsp3) is 0.429. The van der Waals surface area contributed by atoms with Gasteiger partial charge in [0, 0.05) is 49.7 Å². The van der Waals surface area contributed by atoms with E-state index in [2.05, 4.69) is 5.32 Å². The summed E-state index contributed by atoms with van der Waals surface area (Å²) < 4.78 is 48.7. The predicted molar refractivity (Wildman–Crippen MR) is 141 cm³/mol. The van der Waals surface area contributed by atoms with Gasteiger partial charge in [-0.1, -0.05) is 17.7 Å². The van der Waals surface area contributed by atoms with Crippen LogP contribution in [0.25, 0.3) is 10.9 Å². The van der Waals surface area contributed by atoms with Crippen molar-refractivity contribution in [2.45, 2.75) is 50.5 Å². The molecule has 1 amide bonds. The number of ether oxygens (including phenoxy) is 1. The Kier molecular flexibility index (Phi) is 7.89. The Morgan fingerprint density at radius 3 is 2.59 bits per heavy atom. The van der Waals surface area contributed by atoms with Crippen molar-refractivity contribution in [3.63, 3.8) is 0 Å². The number of likely N-dealkylation sites (tertiary alicyclic amines) is 1. The molecule has 0 bridgehead atoms. The minimum absolute atomic E-state index is 0.0138. The van der Waals surface area contributed by atoms with Gasteiger partial charge in [0.1, 0.15) is 41.8 Å². The number of amides is 1. The Labute approximate surface area is 228 Å². The van der Waals surface area contributed by atoms with Crippen LogP contribution in [0.15, 0.2) is 41.3 Å². The molecule has 2 heterocycles. The largest absolute Gasteiger partial charge is 0.491 e. The SMILES string of the molecule is Cc1ccc(OC[C@@H](O)CN2CCC(NC(=O)c3cn(C4CC4F)c4cc(Cl)c(F)cc4c3=O)CC2)cc1F. The molecule has 5 rings (SSSR count). The molecule has 0 spiro atoms. The molecule has 208 valence electrons. The van der Waals surface area contributed by atoms with Gasteiger partial charge in [-0.05, 0) is 43.5 Å². The lowest BCUT2D eigenvalue weighted by atomic mass is 10.0. The highest BCUT2D eigenvalue weighted by Crippen LogP contribution is 2.41. The Hall–Kier alpha value is -3.08. The number of aliphatic hydroxyl groups excluding tert-OH is 1. The van der Waals surface area contributed by atoms with E-state index in [0.29, 0.717) is 43.8 Å². The number of carbonyl (C=O) groups excluding carboxylic acids is 1. The van der Waals surface area contributed by atoms with Crippen LogP contribution in [0.5, 0.6) is 5.75 Å². The van der Waals surface area contributed by atoms with E-state index in [4.69, 9.17) is 16.3 Å². The number of benzene rings is 2. The van der Waals surface area contributed by atoms with Crippen molar-refractivity contribution < 1.29 is 27.8 Å². The lowest BCUT2D eigenvalue weighted by molar-refractivity contribution is 0.0567. The van der Waals surface area contributed by atoms with E-state index in [0.717, 1.165) is 6.07 Å². The first-order valence-corrected chi connectivity index (χ1v) is 13.3. The van der Waals surface area contributed by atoms with Gasteiger partial charge in [0.15, 0.2) is 0 Å². The molecule has 1 saturated carbocycles. The first-order valence-electron chi connectivity index (χ1n) is 12.9. The van der Waals surface area contributed by atoms with Crippen LogP contribution in [0.3, 0.4) is 0 Å². The molecule has 0 radical (unpaired) electrons. The molecule has 2 aliphatic rings. The quantitative estimate of drug-likeness (QED) is 0.430. The number of fused-ring (bicyclic) bond motifs is 1. The van der Waals surface area contributed by atoms with Crippen molar-refractivity contribution >= 4 is 28.4 Å². The van der Waals surface area contributed by atoms with Gasteiger partial charge in [-0.2, -0.15) is 0 Å². The zero-order chi connectivity index (χ0) is 27.8. The van der Waals surface area contributed by atoms with Crippen LogP contribution in [-0.4, -0.2) is 65.0 Å². The number of alkyl halides is 1.